The molecule has 0 fully saturated rings. The van der Waals surface area contributed by atoms with E-state index in [1.54, 1.807) is 6.92 Å². The molecule has 0 saturated carbocycles. The number of benzene rings is 1. The van der Waals surface area contributed by atoms with E-state index in [9.17, 15) is 9.59 Å². The summed E-state index contributed by atoms with van der Waals surface area (Å²) in [5.74, 6) is -1.22. The standard InChI is InChI=1S/C19H28O4/c1-15(18(20)21)10-6-3-4-7-11-16(2)19(22)23-14-17-12-8-5-9-13-17/h5,8-9,12-13,15-16H,3-4,6-7,10-11,14H2,1-2H3,(H,20,21). The minimum atomic E-state index is -0.722. The van der Waals surface area contributed by atoms with E-state index in [1.165, 1.54) is 0 Å². The molecule has 0 amide bonds. The average molecular weight is 320 g/mol. The van der Waals surface area contributed by atoms with Crippen molar-refractivity contribution < 1.29 is 19.4 Å². The number of unbranched alkanes of at least 4 members (excludes halogenated alkanes) is 3. The van der Waals surface area contributed by atoms with Gasteiger partial charge in [0.1, 0.15) is 6.61 Å². The fourth-order valence-electron chi connectivity index (χ4n) is 2.37. The molecule has 1 aromatic rings. The van der Waals surface area contributed by atoms with Gasteiger partial charge in [0.2, 0.25) is 0 Å². The molecule has 0 aliphatic rings. The number of hydrogen-bond acceptors (Lipinski definition) is 3. The molecular formula is C19H28O4. The molecule has 1 rings (SSSR count). The molecule has 0 aliphatic carbocycles. The Kier molecular flexibility index (Phi) is 9.03. The number of aliphatic carboxylic acids is 1. The summed E-state index contributed by atoms with van der Waals surface area (Å²) in [6.45, 7) is 3.98. The molecule has 23 heavy (non-hydrogen) atoms. The fourth-order valence-corrected chi connectivity index (χ4v) is 2.37. The van der Waals surface area contributed by atoms with E-state index in [1.807, 2.05) is 37.3 Å². The van der Waals surface area contributed by atoms with Gasteiger partial charge >= 0.3 is 11.9 Å². The molecule has 128 valence electrons. The zero-order valence-electron chi connectivity index (χ0n) is 14.2. The first-order chi connectivity index (χ1) is 11.0. The van der Waals surface area contributed by atoms with Crippen LogP contribution in [0.1, 0.15) is 57.9 Å². The number of carbonyl (C=O) groups is 2. The number of rotatable bonds is 11. The van der Waals surface area contributed by atoms with Crippen molar-refractivity contribution in [1.82, 2.24) is 0 Å². The van der Waals surface area contributed by atoms with Gasteiger partial charge in [-0.3, -0.25) is 9.59 Å². The van der Waals surface area contributed by atoms with Crippen molar-refractivity contribution in [3.05, 3.63) is 35.9 Å². The fraction of sp³-hybridized carbons (Fsp3) is 0.579. The summed E-state index contributed by atoms with van der Waals surface area (Å²) >= 11 is 0. The number of hydrogen-bond donors (Lipinski definition) is 1. The van der Waals surface area contributed by atoms with Gasteiger partial charge in [0, 0.05) is 0 Å². The van der Waals surface area contributed by atoms with Gasteiger partial charge in [0.25, 0.3) is 0 Å². The van der Waals surface area contributed by atoms with Gasteiger partial charge in [-0.05, 0) is 18.4 Å². The van der Waals surface area contributed by atoms with Crippen molar-refractivity contribution in [2.24, 2.45) is 11.8 Å². The molecule has 1 aromatic carbocycles. The van der Waals surface area contributed by atoms with Crippen LogP contribution in [0.3, 0.4) is 0 Å². The maximum Gasteiger partial charge on any atom is 0.308 e. The summed E-state index contributed by atoms with van der Waals surface area (Å²) in [6.07, 6.45) is 5.50. The SMILES string of the molecule is CC(CCCCCCC(C)C(=O)OCc1ccccc1)C(=O)O. The Labute approximate surface area is 138 Å². The van der Waals surface area contributed by atoms with Crippen molar-refractivity contribution in [3.63, 3.8) is 0 Å². The van der Waals surface area contributed by atoms with E-state index in [2.05, 4.69) is 0 Å². The van der Waals surface area contributed by atoms with Crippen molar-refractivity contribution in [1.29, 1.82) is 0 Å². The van der Waals surface area contributed by atoms with Gasteiger partial charge in [0.05, 0.1) is 11.8 Å². The first-order valence-electron chi connectivity index (χ1n) is 8.44. The molecule has 4 heteroatoms. The number of ether oxygens (including phenoxy) is 1. The van der Waals surface area contributed by atoms with E-state index < -0.39 is 5.97 Å². The van der Waals surface area contributed by atoms with Gasteiger partial charge in [-0.25, -0.2) is 0 Å². The van der Waals surface area contributed by atoms with E-state index in [0.29, 0.717) is 6.61 Å². The molecule has 0 heterocycles. The number of carboxylic acid groups (broad SMARTS) is 1. The molecule has 0 spiro atoms. The lowest BCUT2D eigenvalue weighted by molar-refractivity contribution is -0.149. The van der Waals surface area contributed by atoms with Crippen LogP contribution in [0.2, 0.25) is 0 Å². The lowest BCUT2D eigenvalue weighted by atomic mass is 9.99. The summed E-state index contributed by atoms with van der Waals surface area (Å²) in [5.41, 5.74) is 1.00. The summed E-state index contributed by atoms with van der Waals surface area (Å²) in [5, 5.41) is 8.80. The van der Waals surface area contributed by atoms with Gasteiger partial charge < -0.3 is 9.84 Å². The minimum Gasteiger partial charge on any atom is -0.481 e. The van der Waals surface area contributed by atoms with Gasteiger partial charge in [-0.15, -0.1) is 0 Å². The molecule has 4 nitrogen and oxygen atoms in total. The summed E-state index contributed by atoms with van der Waals surface area (Å²) in [6, 6.07) is 9.67. The molecule has 0 radical (unpaired) electrons. The maximum atomic E-state index is 11.9. The predicted octanol–water partition coefficient (Wildman–Crippen LogP) is 4.43. The highest BCUT2D eigenvalue weighted by molar-refractivity contribution is 5.71. The van der Waals surface area contributed by atoms with Crippen LogP contribution in [0.25, 0.3) is 0 Å². The third kappa shape index (κ3) is 8.38. The number of carboxylic acids is 1. The van der Waals surface area contributed by atoms with Crippen LogP contribution in [-0.2, 0) is 20.9 Å². The minimum absolute atomic E-state index is 0.0864. The average Bonchev–Trinajstić information content (AvgIpc) is 2.56. The Hall–Kier alpha value is -1.84. The van der Waals surface area contributed by atoms with E-state index in [-0.39, 0.29) is 17.8 Å². The Bertz CT molecular complexity index is 470. The first-order valence-corrected chi connectivity index (χ1v) is 8.44. The second-order valence-corrected chi connectivity index (χ2v) is 6.23. The predicted molar refractivity (Wildman–Crippen MR) is 89.9 cm³/mol. The zero-order chi connectivity index (χ0) is 17.1. The van der Waals surface area contributed by atoms with Gasteiger partial charge in [-0.2, -0.15) is 0 Å². The van der Waals surface area contributed by atoms with Crippen LogP contribution in [0.15, 0.2) is 30.3 Å². The third-order valence-electron chi connectivity index (χ3n) is 4.07. The van der Waals surface area contributed by atoms with Crippen LogP contribution in [-0.4, -0.2) is 17.0 Å². The topological polar surface area (TPSA) is 63.6 Å². The van der Waals surface area contributed by atoms with Crippen LogP contribution >= 0.6 is 0 Å². The second-order valence-electron chi connectivity index (χ2n) is 6.23. The Morgan fingerprint density at radius 3 is 2.09 bits per heavy atom. The van der Waals surface area contributed by atoms with Gasteiger partial charge in [-0.1, -0.05) is 69.9 Å². The Balaban J connectivity index is 2.08. The largest absolute Gasteiger partial charge is 0.481 e. The Morgan fingerprint density at radius 1 is 0.957 bits per heavy atom. The van der Waals surface area contributed by atoms with Crippen LogP contribution < -0.4 is 0 Å². The zero-order valence-corrected chi connectivity index (χ0v) is 14.2. The Morgan fingerprint density at radius 2 is 1.52 bits per heavy atom. The van der Waals surface area contributed by atoms with Gasteiger partial charge in [0.15, 0.2) is 0 Å². The summed E-state index contributed by atoms with van der Waals surface area (Å²) in [4.78, 5) is 22.6. The van der Waals surface area contributed by atoms with Crippen LogP contribution in [0, 0.1) is 11.8 Å². The lowest BCUT2D eigenvalue weighted by Gasteiger charge is -2.11. The third-order valence-corrected chi connectivity index (χ3v) is 4.07. The molecule has 0 aromatic heterocycles. The highest BCUT2D eigenvalue weighted by Crippen LogP contribution is 2.15. The summed E-state index contributed by atoms with van der Waals surface area (Å²) in [7, 11) is 0. The van der Waals surface area contributed by atoms with E-state index in [4.69, 9.17) is 9.84 Å². The smallest absolute Gasteiger partial charge is 0.308 e. The van der Waals surface area contributed by atoms with Crippen molar-refractivity contribution in [2.45, 2.75) is 59.0 Å². The van der Waals surface area contributed by atoms with Crippen LogP contribution in [0.5, 0.6) is 0 Å². The lowest BCUT2D eigenvalue weighted by Crippen LogP contribution is -2.14. The molecule has 2 unspecified atom stereocenters. The first kappa shape index (κ1) is 19.2. The van der Waals surface area contributed by atoms with Crippen molar-refractivity contribution in [3.8, 4) is 0 Å². The van der Waals surface area contributed by atoms with Crippen molar-refractivity contribution >= 4 is 11.9 Å². The van der Waals surface area contributed by atoms with E-state index in [0.717, 1.165) is 44.1 Å². The summed E-state index contributed by atoms with van der Waals surface area (Å²) < 4.78 is 5.32. The molecule has 0 bridgehead atoms. The van der Waals surface area contributed by atoms with Crippen molar-refractivity contribution in [2.75, 3.05) is 0 Å². The highest BCUT2D eigenvalue weighted by atomic mass is 16.5. The molecule has 2 atom stereocenters. The highest BCUT2D eigenvalue weighted by Gasteiger charge is 2.14. The second kappa shape index (κ2) is 10.8. The van der Waals surface area contributed by atoms with Crippen LogP contribution in [0.4, 0.5) is 0 Å². The monoisotopic (exact) mass is 320 g/mol. The maximum absolute atomic E-state index is 11.9. The normalized spacial score (nSPS) is 13.3. The molecular weight excluding hydrogens is 292 g/mol. The molecule has 1 N–H and O–H groups in total. The molecule has 0 saturated heterocycles. The number of esters is 1. The molecule has 0 aliphatic heterocycles. The number of carbonyl (C=O) groups excluding carboxylic acids is 1. The quantitative estimate of drug-likeness (QED) is 0.484. The van der Waals surface area contributed by atoms with E-state index >= 15 is 0 Å².